The molecule has 6 heteroatoms. The standard InChI is InChI=1S/C14H14N2O3S/c1-9-6-15-14(20-8-13(17)18)16(9)11-7-19-12-5-3-2-4-10(11)12/h2-6,11H,7-8H2,1H3,(H,17,18). The summed E-state index contributed by atoms with van der Waals surface area (Å²) < 4.78 is 7.75. The van der Waals surface area contributed by atoms with Crippen molar-refractivity contribution in [3.8, 4) is 5.75 Å². The van der Waals surface area contributed by atoms with Gasteiger partial charge in [-0.25, -0.2) is 4.98 Å². The first-order chi connectivity index (χ1) is 9.66. The highest BCUT2D eigenvalue weighted by atomic mass is 32.2. The fourth-order valence-electron chi connectivity index (χ4n) is 2.40. The van der Waals surface area contributed by atoms with Crippen LogP contribution < -0.4 is 4.74 Å². The van der Waals surface area contributed by atoms with Crippen molar-refractivity contribution in [1.82, 2.24) is 9.55 Å². The topological polar surface area (TPSA) is 64.3 Å². The van der Waals surface area contributed by atoms with Gasteiger partial charge < -0.3 is 14.4 Å². The third-order valence-electron chi connectivity index (χ3n) is 3.26. The third-order valence-corrected chi connectivity index (χ3v) is 4.21. The van der Waals surface area contributed by atoms with Crippen LogP contribution >= 0.6 is 11.8 Å². The second-order valence-electron chi connectivity index (χ2n) is 4.60. The molecule has 0 spiro atoms. The first-order valence-electron chi connectivity index (χ1n) is 6.27. The molecule has 0 aliphatic carbocycles. The molecular weight excluding hydrogens is 276 g/mol. The molecule has 3 rings (SSSR count). The highest BCUT2D eigenvalue weighted by molar-refractivity contribution is 7.99. The first-order valence-corrected chi connectivity index (χ1v) is 7.25. The number of carboxylic acid groups (broad SMARTS) is 1. The lowest BCUT2D eigenvalue weighted by Crippen LogP contribution is -2.15. The van der Waals surface area contributed by atoms with Gasteiger partial charge in [-0.1, -0.05) is 30.0 Å². The van der Waals surface area contributed by atoms with E-state index in [-0.39, 0.29) is 11.8 Å². The summed E-state index contributed by atoms with van der Waals surface area (Å²) in [6, 6.07) is 7.98. The molecule has 20 heavy (non-hydrogen) atoms. The van der Waals surface area contributed by atoms with Gasteiger partial charge in [-0.15, -0.1) is 0 Å². The fraction of sp³-hybridized carbons (Fsp3) is 0.286. The number of imidazole rings is 1. The van der Waals surface area contributed by atoms with E-state index < -0.39 is 5.97 Å². The van der Waals surface area contributed by atoms with Crippen molar-refractivity contribution in [2.75, 3.05) is 12.4 Å². The van der Waals surface area contributed by atoms with Crippen molar-refractivity contribution in [2.24, 2.45) is 0 Å². The molecule has 0 amide bonds. The number of aromatic nitrogens is 2. The maximum atomic E-state index is 10.7. The van der Waals surface area contributed by atoms with Gasteiger partial charge in [0, 0.05) is 17.5 Å². The van der Waals surface area contributed by atoms with Gasteiger partial charge >= 0.3 is 5.97 Å². The van der Waals surface area contributed by atoms with Crippen LogP contribution in [0.1, 0.15) is 17.3 Å². The van der Waals surface area contributed by atoms with E-state index in [1.165, 1.54) is 11.8 Å². The Morgan fingerprint density at radius 2 is 2.35 bits per heavy atom. The molecule has 1 unspecified atom stereocenters. The molecule has 1 aliphatic rings. The maximum absolute atomic E-state index is 10.7. The van der Waals surface area contributed by atoms with E-state index in [1.807, 2.05) is 31.2 Å². The average molecular weight is 290 g/mol. The van der Waals surface area contributed by atoms with Crippen LogP contribution in [0.2, 0.25) is 0 Å². The predicted octanol–water partition coefficient (Wildman–Crippen LogP) is 2.35. The van der Waals surface area contributed by atoms with Crippen molar-refractivity contribution in [2.45, 2.75) is 18.1 Å². The Morgan fingerprint density at radius 1 is 1.55 bits per heavy atom. The van der Waals surface area contributed by atoms with E-state index in [1.54, 1.807) is 6.20 Å². The largest absolute Gasteiger partial charge is 0.491 e. The van der Waals surface area contributed by atoms with Gasteiger partial charge in [0.25, 0.3) is 0 Å². The Balaban J connectivity index is 1.95. The molecule has 1 aliphatic heterocycles. The zero-order valence-corrected chi connectivity index (χ0v) is 11.8. The predicted molar refractivity (Wildman–Crippen MR) is 75.4 cm³/mol. The number of aryl methyl sites for hydroxylation is 1. The molecule has 0 radical (unpaired) electrons. The number of carboxylic acids is 1. The molecule has 104 valence electrons. The van der Waals surface area contributed by atoms with E-state index in [9.17, 15) is 4.79 Å². The normalized spacial score (nSPS) is 16.8. The van der Waals surface area contributed by atoms with E-state index in [2.05, 4.69) is 9.55 Å². The first kappa shape index (κ1) is 13.1. The number of benzene rings is 1. The number of para-hydroxylation sites is 1. The van der Waals surface area contributed by atoms with Crippen LogP contribution in [0, 0.1) is 6.92 Å². The highest BCUT2D eigenvalue weighted by Gasteiger charge is 2.28. The highest BCUT2D eigenvalue weighted by Crippen LogP contribution is 2.37. The van der Waals surface area contributed by atoms with Gasteiger partial charge in [-0.05, 0) is 13.0 Å². The summed E-state index contributed by atoms with van der Waals surface area (Å²) in [5.41, 5.74) is 2.12. The summed E-state index contributed by atoms with van der Waals surface area (Å²) in [6.45, 7) is 2.52. The molecule has 5 nitrogen and oxygen atoms in total. The molecule has 2 heterocycles. The van der Waals surface area contributed by atoms with Gasteiger partial charge in [0.05, 0.1) is 11.8 Å². The molecule has 2 aromatic rings. The molecule has 1 aromatic carbocycles. The van der Waals surface area contributed by atoms with Crippen molar-refractivity contribution in [3.63, 3.8) is 0 Å². The van der Waals surface area contributed by atoms with Crippen LogP contribution in [0.25, 0.3) is 0 Å². The van der Waals surface area contributed by atoms with E-state index in [0.29, 0.717) is 6.61 Å². The number of rotatable bonds is 4. The summed E-state index contributed by atoms with van der Waals surface area (Å²) in [7, 11) is 0. The summed E-state index contributed by atoms with van der Waals surface area (Å²) in [6.07, 6.45) is 1.77. The van der Waals surface area contributed by atoms with Crippen LogP contribution in [0.3, 0.4) is 0 Å². The molecule has 1 aromatic heterocycles. The molecule has 1 N–H and O–H groups in total. The summed E-state index contributed by atoms with van der Waals surface area (Å²) in [5, 5.41) is 9.53. The lowest BCUT2D eigenvalue weighted by molar-refractivity contribution is -0.133. The molecule has 0 saturated carbocycles. The second-order valence-corrected chi connectivity index (χ2v) is 5.54. The Bertz CT molecular complexity index is 654. The zero-order valence-electron chi connectivity index (χ0n) is 10.9. The Labute approximate surface area is 120 Å². The van der Waals surface area contributed by atoms with Gasteiger partial charge in [-0.2, -0.15) is 0 Å². The van der Waals surface area contributed by atoms with Gasteiger partial charge in [-0.3, -0.25) is 4.79 Å². The van der Waals surface area contributed by atoms with Gasteiger partial charge in [0.2, 0.25) is 0 Å². The smallest absolute Gasteiger partial charge is 0.313 e. The van der Waals surface area contributed by atoms with Gasteiger partial charge in [0.15, 0.2) is 5.16 Å². The molecule has 0 fully saturated rings. The minimum absolute atomic E-state index is 0.00563. The van der Waals surface area contributed by atoms with Crippen LogP contribution in [-0.4, -0.2) is 33.0 Å². The summed E-state index contributed by atoms with van der Waals surface area (Å²) in [5.74, 6) is 0.0520. The number of carbonyl (C=O) groups is 1. The number of aliphatic carboxylic acids is 1. The molecule has 0 bridgehead atoms. The molecule has 0 saturated heterocycles. The Hall–Kier alpha value is -1.95. The zero-order chi connectivity index (χ0) is 14.1. The second kappa shape index (κ2) is 5.20. The van der Waals surface area contributed by atoms with Crippen LogP contribution in [-0.2, 0) is 4.79 Å². The lowest BCUT2D eigenvalue weighted by Gasteiger charge is -2.16. The van der Waals surface area contributed by atoms with Crippen LogP contribution in [0.4, 0.5) is 0 Å². The SMILES string of the molecule is Cc1cnc(SCC(=O)O)n1C1COc2ccccc21. The molecular formula is C14H14N2O3S. The number of ether oxygens (including phenoxy) is 1. The number of hydrogen-bond donors (Lipinski definition) is 1. The summed E-state index contributed by atoms with van der Waals surface area (Å²) in [4.78, 5) is 15.0. The number of fused-ring (bicyclic) bond motifs is 1. The summed E-state index contributed by atoms with van der Waals surface area (Å²) >= 11 is 1.23. The van der Waals surface area contributed by atoms with Gasteiger partial charge in [0.1, 0.15) is 12.4 Å². The quantitative estimate of drug-likeness (QED) is 0.876. The van der Waals surface area contributed by atoms with E-state index in [4.69, 9.17) is 9.84 Å². The number of thioether (sulfide) groups is 1. The van der Waals surface area contributed by atoms with Crippen molar-refractivity contribution in [3.05, 3.63) is 41.7 Å². The number of hydrogen-bond acceptors (Lipinski definition) is 4. The van der Waals surface area contributed by atoms with Crippen molar-refractivity contribution < 1.29 is 14.6 Å². The van der Waals surface area contributed by atoms with E-state index in [0.717, 1.165) is 22.2 Å². The van der Waals surface area contributed by atoms with Crippen LogP contribution in [0.5, 0.6) is 5.75 Å². The molecule has 1 atom stereocenters. The maximum Gasteiger partial charge on any atom is 0.313 e. The fourth-order valence-corrected chi connectivity index (χ4v) is 3.19. The Morgan fingerprint density at radius 3 is 3.15 bits per heavy atom. The minimum Gasteiger partial charge on any atom is -0.491 e. The van der Waals surface area contributed by atoms with Crippen molar-refractivity contribution >= 4 is 17.7 Å². The minimum atomic E-state index is -0.842. The van der Waals surface area contributed by atoms with Crippen LogP contribution in [0.15, 0.2) is 35.6 Å². The monoisotopic (exact) mass is 290 g/mol. The van der Waals surface area contributed by atoms with Crippen molar-refractivity contribution in [1.29, 1.82) is 0 Å². The third kappa shape index (κ3) is 2.27. The number of nitrogens with zero attached hydrogens (tertiary/aromatic N) is 2. The van der Waals surface area contributed by atoms with E-state index >= 15 is 0 Å². The lowest BCUT2D eigenvalue weighted by atomic mass is 10.1. The Kier molecular flexibility index (Phi) is 3.40. The average Bonchev–Trinajstić information content (AvgIpc) is 3.00.